The Kier molecular flexibility index (Phi) is 5.92. The first-order valence-electron chi connectivity index (χ1n) is 6.39. The largest absolute Gasteiger partial charge is 0.370 e. The maximum Gasteiger partial charge on any atom is 0.222 e. The van der Waals surface area contributed by atoms with Gasteiger partial charge in [-0.25, -0.2) is 11.6 Å². The third-order valence-electron chi connectivity index (χ3n) is 2.78. The number of rotatable bonds is 7. The molecule has 5 heteroatoms. The van der Waals surface area contributed by atoms with Crippen molar-refractivity contribution in [1.82, 2.24) is 9.97 Å². The molecule has 0 fully saturated rings. The fraction of sp³-hybridized carbons (Fsp3) is 0.615. The Morgan fingerprint density at radius 2 is 2.11 bits per heavy atom. The third-order valence-corrected chi connectivity index (χ3v) is 2.78. The fourth-order valence-corrected chi connectivity index (χ4v) is 1.81. The summed E-state index contributed by atoms with van der Waals surface area (Å²) in [6.45, 7) is 12.3. The molecule has 1 aromatic heterocycles. The summed E-state index contributed by atoms with van der Waals surface area (Å²) in [5.74, 6) is 1.08. The molecule has 98 valence electrons. The smallest absolute Gasteiger partial charge is 0.222 e. The predicted molar refractivity (Wildman–Crippen MR) is 74.4 cm³/mol. The maximum absolute atomic E-state index is 6.87. The number of hydrogen-bond donors (Lipinski definition) is 2. The molecule has 0 unspecified atom stereocenters. The SMILES string of the molecule is [C-]#[N+]CCc1c(C)nc(N)nc1NCCCCC. The highest BCUT2D eigenvalue weighted by atomic mass is 15.1. The van der Waals surface area contributed by atoms with Crippen molar-refractivity contribution in [2.75, 3.05) is 24.1 Å². The van der Waals surface area contributed by atoms with Gasteiger partial charge in [0.05, 0.1) is 6.42 Å². The van der Waals surface area contributed by atoms with Crippen LogP contribution in [0.5, 0.6) is 0 Å². The van der Waals surface area contributed by atoms with Gasteiger partial charge in [0, 0.05) is 17.8 Å². The van der Waals surface area contributed by atoms with Crippen molar-refractivity contribution >= 4 is 11.8 Å². The van der Waals surface area contributed by atoms with E-state index in [-0.39, 0.29) is 5.95 Å². The van der Waals surface area contributed by atoms with Gasteiger partial charge in [0.1, 0.15) is 5.82 Å². The van der Waals surface area contributed by atoms with Crippen LogP contribution >= 0.6 is 0 Å². The van der Waals surface area contributed by atoms with Gasteiger partial charge in [0.2, 0.25) is 12.5 Å². The number of unbranched alkanes of at least 4 members (excludes halogenated alkanes) is 2. The van der Waals surface area contributed by atoms with E-state index in [2.05, 4.69) is 27.1 Å². The number of anilines is 2. The van der Waals surface area contributed by atoms with E-state index in [1.807, 2.05) is 6.92 Å². The van der Waals surface area contributed by atoms with Crippen LogP contribution in [0.25, 0.3) is 4.85 Å². The molecule has 1 heterocycles. The molecule has 5 nitrogen and oxygen atoms in total. The molecule has 0 aromatic carbocycles. The van der Waals surface area contributed by atoms with Crippen molar-refractivity contribution in [3.05, 3.63) is 22.7 Å². The van der Waals surface area contributed by atoms with Crippen LogP contribution < -0.4 is 11.1 Å². The molecule has 3 N–H and O–H groups in total. The molecule has 0 amide bonds. The summed E-state index contributed by atoms with van der Waals surface area (Å²) in [6.07, 6.45) is 4.18. The molecular weight excluding hydrogens is 226 g/mol. The van der Waals surface area contributed by atoms with Crippen molar-refractivity contribution in [2.24, 2.45) is 0 Å². The Balaban J connectivity index is 2.76. The summed E-state index contributed by atoms with van der Waals surface area (Å²) in [4.78, 5) is 11.8. The third kappa shape index (κ3) is 4.21. The minimum Gasteiger partial charge on any atom is -0.370 e. The number of hydrogen-bond acceptors (Lipinski definition) is 4. The number of nitrogens with one attached hydrogen (secondary N) is 1. The Bertz CT molecular complexity index is 422. The first kappa shape index (κ1) is 14.2. The molecule has 0 saturated carbocycles. The molecule has 0 aliphatic rings. The first-order valence-corrected chi connectivity index (χ1v) is 6.39. The van der Waals surface area contributed by atoms with Gasteiger partial charge in [-0.15, -0.1) is 0 Å². The van der Waals surface area contributed by atoms with E-state index < -0.39 is 0 Å². The predicted octanol–water partition coefficient (Wildman–Crippen LogP) is 2.43. The van der Waals surface area contributed by atoms with Crippen molar-refractivity contribution < 1.29 is 0 Å². The van der Waals surface area contributed by atoms with Gasteiger partial charge >= 0.3 is 0 Å². The maximum atomic E-state index is 6.87. The van der Waals surface area contributed by atoms with Gasteiger partial charge in [-0.3, -0.25) is 0 Å². The van der Waals surface area contributed by atoms with E-state index in [1.54, 1.807) is 0 Å². The molecule has 1 rings (SSSR count). The number of nitrogens with two attached hydrogens (primary N) is 1. The topological polar surface area (TPSA) is 68.2 Å². The monoisotopic (exact) mass is 247 g/mol. The van der Waals surface area contributed by atoms with Crippen LogP contribution in [-0.4, -0.2) is 23.1 Å². The van der Waals surface area contributed by atoms with Crippen LogP contribution in [-0.2, 0) is 6.42 Å². The van der Waals surface area contributed by atoms with E-state index in [4.69, 9.17) is 12.3 Å². The van der Waals surface area contributed by atoms with Crippen LogP contribution in [0.3, 0.4) is 0 Å². The molecule has 0 aliphatic heterocycles. The molecule has 0 bridgehead atoms. The highest BCUT2D eigenvalue weighted by Crippen LogP contribution is 2.18. The minimum absolute atomic E-state index is 0.289. The van der Waals surface area contributed by atoms with Crippen LogP contribution in [0.1, 0.15) is 37.4 Å². The van der Waals surface area contributed by atoms with Crippen molar-refractivity contribution in [3.8, 4) is 0 Å². The Morgan fingerprint density at radius 3 is 2.78 bits per heavy atom. The number of nitrogens with zero attached hydrogens (tertiary/aromatic N) is 3. The second kappa shape index (κ2) is 7.49. The quantitative estimate of drug-likeness (QED) is 0.573. The number of aromatic nitrogens is 2. The summed E-state index contributed by atoms with van der Waals surface area (Å²) in [5.41, 5.74) is 7.54. The lowest BCUT2D eigenvalue weighted by molar-refractivity contribution is 0.741. The van der Waals surface area contributed by atoms with Crippen molar-refractivity contribution in [3.63, 3.8) is 0 Å². The molecule has 0 saturated heterocycles. The van der Waals surface area contributed by atoms with Crippen LogP contribution in [0.15, 0.2) is 0 Å². The zero-order valence-corrected chi connectivity index (χ0v) is 11.2. The average Bonchev–Trinajstić information content (AvgIpc) is 2.33. The van der Waals surface area contributed by atoms with Gasteiger partial charge < -0.3 is 15.9 Å². The zero-order valence-electron chi connectivity index (χ0n) is 11.2. The number of aryl methyl sites for hydroxylation is 1. The summed E-state index contributed by atoms with van der Waals surface area (Å²) < 4.78 is 0. The second-order valence-corrected chi connectivity index (χ2v) is 4.26. The van der Waals surface area contributed by atoms with Gasteiger partial charge in [-0.2, -0.15) is 4.98 Å². The molecule has 0 atom stereocenters. The first-order chi connectivity index (χ1) is 8.69. The van der Waals surface area contributed by atoms with E-state index in [0.29, 0.717) is 13.0 Å². The lowest BCUT2D eigenvalue weighted by Gasteiger charge is -2.12. The fourth-order valence-electron chi connectivity index (χ4n) is 1.81. The van der Waals surface area contributed by atoms with Gasteiger partial charge in [-0.1, -0.05) is 19.8 Å². The molecule has 18 heavy (non-hydrogen) atoms. The summed E-state index contributed by atoms with van der Waals surface area (Å²) in [6, 6.07) is 0. The molecule has 1 aromatic rings. The number of nitrogen functional groups attached to an aromatic ring is 1. The summed E-state index contributed by atoms with van der Waals surface area (Å²) in [7, 11) is 0. The van der Waals surface area contributed by atoms with Gasteiger partial charge in [-0.05, 0) is 13.3 Å². The molecular formula is C13H21N5. The highest BCUT2D eigenvalue weighted by Gasteiger charge is 2.11. The normalized spacial score (nSPS) is 10.1. The van der Waals surface area contributed by atoms with Gasteiger partial charge in [0.15, 0.2) is 0 Å². The highest BCUT2D eigenvalue weighted by molar-refractivity contribution is 5.49. The van der Waals surface area contributed by atoms with E-state index in [0.717, 1.165) is 30.0 Å². The van der Waals surface area contributed by atoms with Crippen molar-refractivity contribution in [1.29, 1.82) is 0 Å². The Hall–Kier alpha value is -1.83. The van der Waals surface area contributed by atoms with Crippen LogP contribution in [0.4, 0.5) is 11.8 Å². The van der Waals surface area contributed by atoms with Crippen LogP contribution in [0.2, 0.25) is 0 Å². The van der Waals surface area contributed by atoms with Crippen LogP contribution in [0, 0.1) is 13.5 Å². The lowest BCUT2D eigenvalue weighted by atomic mass is 10.1. The lowest BCUT2D eigenvalue weighted by Crippen LogP contribution is -2.11. The van der Waals surface area contributed by atoms with Gasteiger partial charge in [0.25, 0.3) is 0 Å². The minimum atomic E-state index is 0.289. The summed E-state index contributed by atoms with van der Waals surface area (Å²) in [5, 5.41) is 3.30. The van der Waals surface area contributed by atoms with E-state index in [1.165, 1.54) is 12.8 Å². The van der Waals surface area contributed by atoms with E-state index in [9.17, 15) is 0 Å². The molecule has 0 radical (unpaired) electrons. The van der Waals surface area contributed by atoms with E-state index >= 15 is 0 Å². The molecule has 0 spiro atoms. The standard InChI is InChI=1S/C13H21N5/c1-4-5-6-8-16-12-11(7-9-15-3)10(2)17-13(14)18-12/h4-9H2,1-2H3,(H3,14,16,17,18). The van der Waals surface area contributed by atoms with Crippen molar-refractivity contribution in [2.45, 2.75) is 39.5 Å². The Morgan fingerprint density at radius 1 is 1.33 bits per heavy atom. The second-order valence-electron chi connectivity index (χ2n) is 4.26. The molecule has 0 aliphatic carbocycles. The average molecular weight is 247 g/mol. The zero-order chi connectivity index (χ0) is 13.4. The summed E-state index contributed by atoms with van der Waals surface area (Å²) >= 11 is 0. The Labute approximate surface area is 109 Å².